The molecule has 134 valence electrons. The molecule has 4 heteroatoms. The topological polar surface area (TPSA) is 66.8 Å². The van der Waals surface area contributed by atoms with Crippen LogP contribution in [0.1, 0.15) is 59.8 Å². The van der Waals surface area contributed by atoms with Crippen LogP contribution in [0.5, 0.6) is 0 Å². The fourth-order valence-electron chi connectivity index (χ4n) is 6.94. The standard InChI is InChI=1S/C20H30O4/c1-11-12-5-6-15-18(2,3)8-7-16(21)19(15,4)14(12)10-20(23)13(11)9-17(22)24-20/h9,11-12,14-16,21,23H,5-8,10H2,1-4H3. The summed E-state index contributed by atoms with van der Waals surface area (Å²) in [4.78, 5) is 11.8. The van der Waals surface area contributed by atoms with Gasteiger partial charge in [0, 0.05) is 23.5 Å². The molecule has 0 radical (unpaired) electrons. The minimum absolute atomic E-state index is 0.121. The van der Waals surface area contributed by atoms with Gasteiger partial charge in [-0.2, -0.15) is 0 Å². The minimum atomic E-state index is -1.45. The summed E-state index contributed by atoms with van der Waals surface area (Å²) in [5, 5.41) is 22.0. The molecule has 7 atom stereocenters. The van der Waals surface area contributed by atoms with E-state index in [1.807, 2.05) is 0 Å². The Morgan fingerprint density at radius 3 is 2.62 bits per heavy atom. The predicted molar refractivity (Wildman–Crippen MR) is 89.7 cm³/mol. The summed E-state index contributed by atoms with van der Waals surface area (Å²) in [6, 6.07) is 0. The lowest BCUT2D eigenvalue weighted by Gasteiger charge is -2.64. The van der Waals surface area contributed by atoms with E-state index in [0.29, 0.717) is 18.3 Å². The van der Waals surface area contributed by atoms with Crippen molar-refractivity contribution in [3.05, 3.63) is 11.6 Å². The van der Waals surface area contributed by atoms with Gasteiger partial charge in [-0.1, -0.05) is 27.7 Å². The molecule has 24 heavy (non-hydrogen) atoms. The van der Waals surface area contributed by atoms with Crippen molar-refractivity contribution in [1.82, 2.24) is 0 Å². The van der Waals surface area contributed by atoms with Gasteiger partial charge < -0.3 is 14.9 Å². The second-order valence-corrected chi connectivity index (χ2v) is 9.61. The SMILES string of the molecule is CC1C2=CC(=O)OC2(O)CC2C1CCC1C(C)(C)CCC(O)C21C. The average Bonchev–Trinajstić information content (AvgIpc) is 2.79. The molecule has 0 aromatic carbocycles. The highest BCUT2D eigenvalue weighted by Crippen LogP contribution is 2.66. The Labute approximate surface area is 144 Å². The van der Waals surface area contributed by atoms with Gasteiger partial charge in [-0.05, 0) is 54.8 Å². The largest absolute Gasteiger partial charge is 0.426 e. The van der Waals surface area contributed by atoms with Gasteiger partial charge in [-0.15, -0.1) is 0 Å². The number of aliphatic hydroxyl groups is 2. The third-order valence-electron chi connectivity index (χ3n) is 8.20. The number of ether oxygens (including phenoxy) is 1. The van der Waals surface area contributed by atoms with Gasteiger partial charge in [0.2, 0.25) is 5.79 Å². The van der Waals surface area contributed by atoms with Crippen LogP contribution in [0.2, 0.25) is 0 Å². The number of aliphatic hydroxyl groups excluding tert-OH is 1. The zero-order valence-electron chi connectivity index (χ0n) is 15.2. The Morgan fingerprint density at radius 1 is 1.21 bits per heavy atom. The van der Waals surface area contributed by atoms with Gasteiger partial charge in [0.15, 0.2) is 0 Å². The van der Waals surface area contributed by atoms with E-state index >= 15 is 0 Å². The number of hydrogen-bond acceptors (Lipinski definition) is 4. The van der Waals surface area contributed by atoms with Crippen molar-refractivity contribution in [3.63, 3.8) is 0 Å². The first-order valence-electron chi connectivity index (χ1n) is 9.45. The molecule has 0 spiro atoms. The molecular weight excluding hydrogens is 304 g/mol. The van der Waals surface area contributed by atoms with E-state index in [-0.39, 0.29) is 28.8 Å². The fourth-order valence-corrected chi connectivity index (χ4v) is 6.94. The van der Waals surface area contributed by atoms with E-state index in [1.165, 1.54) is 6.08 Å². The highest BCUT2D eigenvalue weighted by Gasteiger charge is 2.64. The number of carbonyl (C=O) groups is 1. The first kappa shape index (κ1) is 16.6. The smallest absolute Gasteiger partial charge is 0.333 e. The van der Waals surface area contributed by atoms with Crippen LogP contribution in [-0.2, 0) is 9.53 Å². The Balaban J connectivity index is 1.77. The summed E-state index contributed by atoms with van der Waals surface area (Å²) in [5.74, 6) is -0.748. The Hall–Kier alpha value is -0.870. The third-order valence-corrected chi connectivity index (χ3v) is 8.20. The molecule has 0 aromatic rings. The van der Waals surface area contributed by atoms with E-state index in [9.17, 15) is 15.0 Å². The fraction of sp³-hybridized carbons (Fsp3) is 0.850. The molecule has 3 fully saturated rings. The van der Waals surface area contributed by atoms with Crippen molar-refractivity contribution >= 4 is 5.97 Å². The van der Waals surface area contributed by atoms with Gasteiger partial charge in [-0.25, -0.2) is 4.79 Å². The van der Waals surface area contributed by atoms with Crippen molar-refractivity contribution in [1.29, 1.82) is 0 Å². The van der Waals surface area contributed by atoms with Crippen LogP contribution in [0.15, 0.2) is 11.6 Å². The first-order chi connectivity index (χ1) is 11.1. The molecule has 0 amide bonds. The number of hydrogen-bond donors (Lipinski definition) is 2. The summed E-state index contributed by atoms with van der Waals surface area (Å²) >= 11 is 0. The van der Waals surface area contributed by atoms with Gasteiger partial charge in [-0.3, -0.25) is 0 Å². The molecule has 7 unspecified atom stereocenters. The first-order valence-corrected chi connectivity index (χ1v) is 9.45. The second kappa shape index (κ2) is 4.85. The zero-order chi connectivity index (χ0) is 17.5. The monoisotopic (exact) mass is 334 g/mol. The highest BCUT2D eigenvalue weighted by atomic mass is 16.7. The summed E-state index contributed by atoms with van der Waals surface area (Å²) < 4.78 is 5.33. The van der Waals surface area contributed by atoms with Crippen LogP contribution in [0.3, 0.4) is 0 Å². The lowest BCUT2D eigenvalue weighted by atomic mass is 9.42. The number of rotatable bonds is 0. The maximum absolute atomic E-state index is 11.8. The molecule has 4 rings (SSSR count). The Bertz CT molecular complexity index is 609. The van der Waals surface area contributed by atoms with Crippen LogP contribution in [-0.4, -0.2) is 28.1 Å². The molecule has 3 aliphatic carbocycles. The van der Waals surface area contributed by atoms with E-state index < -0.39 is 11.8 Å². The number of fused-ring (bicyclic) bond motifs is 4. The molecule has 3 saturated carbocycles. The molecule has 1 heterocycles. The molecule has 4 nitrogen and oxygen atoms in total. The summed E-state index contributed by atoms with van der Waals surface area (Å²) in [6.45, 7) is 8.98. The van der Waals surface area contributed by atoms with E-state index in [1.54, 1.807) is 0 Å². The van der Waals surface area contributed by atoms with Gasteiger partial charge in [0.05, 0.1) is 6.10 Å². The predicted octanol–water partition coefficient (Wildman–Crippen LogP) is 3.03. The average molecular weight is 334 g/mol. The number of esters is 1. The van der Waals surface area contributed by atoms with Crippen LogP contribution < -0.4 is 0 Å². The Morgan fingerprint density at radius 2 is 1.92 bits per heavy atom. The van der Waals surface area contributed by atoms with E-state index in [0.717, 1.165) is 31.3 Å². The molecule has 2 N–H and O–H groups in total. The van der Waals surface area contributed by atoms with Gasteiger partial charge in [0.1, 0.15) is 0 Å². The summed E-state index contributed by atoms with van der Waals surface area (Å²) in [6.07, 6.45) is 5.67. The van der Waals surface area contributed by atoms with Crippen LogP contribution in [0, 0.1) is 34.5 Å². The van der Waals surface area contributed by atoms with Crippen LogP contribution in [0.4, 0.5) is 0 Å². The van der Waals surface area contributed by atoms with Gasteiger partial charge in [0.25, 0.3) is 0 Å². The van der Waals surface area contributed by atoms with Crippen molar-refractivity contribution in [3.8, 4) is 0 Å². The summed E-state index contributed by atoms with van der Waals surface area (Å²) in [5.41, 5.74) is 0.725. The molecule has 0 saturated heterocycles. The molecule has 0 aromatic heterocycles. The normalized spacial score (nSPS) is 52.7. The lowest BCUT2D eigenvalue weighted by Crippen LogP contribution is -2.62. The van der Waals surface area contributed by atoms with Crippen molar-refractivity contribution in [2.75, 3.05) is 0 Å². The van der Waals surface area contributed by atoms with Crippen LogP contribution >= 0.6 is 0 Å². The highest BCUT2D eigenvalue weighted by molar-refractivity contribution is 5.86. The van der Waals surface area contributed by atoms with Crippen LogP contribution in [0.25, 0.3) is 0 Å². The van der Waals surface area contributed by atoms with Crippen molar-refractivity contribution in [2.24, 2.45) is 34.5 Å². The van der Waals surface area contributed by atoms with E-state index in [4.69, 9.17) is 4.74 Å². The van der Waals surface area contributed by atoms with E-state index in [2.05, 4.69) is 27.7 Å². The lowest BCUT2D eigenvalue weighted by molar-refractivity contribution is -0.236. The molecular formula is C20H30O4. The molecule has 1 aliphatic heterocycles. The maximum atomic E-state index is 11.8. The Kier molecular flexibility index (Phi) is 3.35. The molecule has 0 bridgehead atoms. The van der Waals surface area contributed by atoms with Crippen molar-refractivity contribution < 1.29 is 19.7 Å². The minimum Gasteiger partial charge on any atom is -0.426 e. The molecule has 4 aliphatic rings. The summed E-state index contributed by atoms with van der Waals surface area (Å²) in [7, 11) is 0. The van der Waals surface area contributed by atoms with Crippen molar-refractivity contribution in [2.45, 2.75) is 71.7 Å². The maximum Gasteiger partial charge on any atom is 0.333 e. The quantitative estimate of drug-likeness (QED) is 0.668. The zero-order valence-corrected chi connectivity index (χ0v) is 15.2. The second-order valence-electron chi connectivity index (χ2n) is 9.61. The number of carbonyl (C=O) groups excluding carboxylic acids is 1. The third kappa shape index (κ3) is 1.96. The van der Waals surface area contributed by atoms with Gasteiger partial charge >= 0.3 is 5.97 Å².